The first kappa shape index (κ1) is 17.4. The van der Waals surface area contributed by atoms with Crippen molar-refractivity contribution in [2.75, 3.05) is 45.9 Å². The van der Waals surface area contributed by atoms with Crippen LogP contribution in [0.4, 0.5) is 0 Å². The third-order valence-electron chi connectivity index (χ3n) is 5.08. The van der Waals surface area contributed by atoms with Crippen LogP contribution in [0.5, 0.6) is 0 Å². The van der Waals surface area contributed by atoms with Crippen molar-refractivity contribution in [2.24, 2.45) is 0 Å². The van der Waals surface area contributed by atoms with Gasteiger partial charge in [0.25, 0.3) is 0 Å². The quantitative estimate of drug-likeness (QED) is 0.777. The summed E-state index contributed by atoms with van der Waals surface area (Å²) in [6, 6.07) is 0.502. The number of hydrogen-bond donors (Lipinski definition) is 1. The average Bonchev–Trinajstić information content (AvgIpc) is 3.37. The Morgan fingerprint density at radius 2 is 2.00 bits per heavy atom. The van der Waals surface area contributed by atoms with Gasteiger partial charge in [0.05, 0.1) is 18.8 Å². The second-order valence-electron chi connectivity index (χ2n) is 6.88. The molecule has 1 N–H and O–H groups in total. The van der Waals surface area contributed by atoms with Crippen molar-refractivity contribution in [1.29, 1.82) is 0 Å². The Balaban J connectivity index is 1.46. The smallest absolute Gasteiger partial charge is 0.236 e. The number of aliphatic hydroxyl groups excluding tert-OH is 1. The summed E-state index contributed by atoms with van der Waals surface area (Å²) >= 11 is 0. The molecule has 7 heteroatoms. The lowest BCUT2D eigenvalue weighted by Crippen LogP contribution is -2.51. The van der Waals surface area contributed by atoms with E-state index in [2.05, 4.69) is 15.0 Å². The number of aromatic nitrogens is 1. The molecule has 0 spiro atoms. The van der Waals surface area contributed by atoms with Crippen LogP contribution >= 0.6 is 0 Å². The van der Waals surface area contributed by atoms with Crippen molar-refractivity contribution < 1.29 is 14.4 Å². The average molecular weight is 336 g/mol. The highest BCUT2D eigenvalue weighted by Crippen LogP contribution is 2.26. The highest BCUT2D eigenvalue weighted by Gasteiger charge is 2.31. The summed E-state index contributed by atoms with van der Waals surface area (Å²) in [5.41, 5.74) is 2.12. The topological polar surface area (TPSA) is 73.1 Å². The van der Waals surface area contributed by atoms with Gasteiger partial charge in [0.2, 0.25) is 5.91 Å². The Bertz CT molecular complexity index is 543. The number of aliphatic hydroxyl groups is 1. The number of nitrogens with zero attached hydrogens (tertiary/aromatic N) is 4. The molecule has 1 amide bonds. The van der Waals surface area contributed by atoms with Crippen LogP contribution in [0.1, 0.15) is 29.9 Å². The standard InChI is InChI=1S/C17H28N4O3/c1-13-16(14(2)24-18-13)11-19-5-7-20(8-6-19)17(23)12-21(9-10-22)15-3-4-15/h15,22H,3-12H2,1-2H3. The van der Waals surface area contributed by atoms with E-state index in [9.17, 15) is 4.79 Å². The third-order valence-corrected chi connectivity index (χ3v) is 5.08. The van der Waals surface area contributed by atoms with Gasteiger partial charge < -0.3 is 14.5 Å². The van der Waals surface area contributed by atoms with Crippen molar-refractivity contribution >= 4 is 5.91 Å². The minimum atomic E-state index is 0.120. The fourth-order valence-electron chi connectivity index (χ4n) is 3.34. The van der Waals surface area contributed by atoms with Gasteiger partial charge in [0, 0.05) is 50.9 Å². The summed E-state index contributed by atoms with van der Waals surface area (Å²) in [5.74, 6) is 1.07. The number of carbonyl (C=O) groups is 1. The molecule has 1 aromatic rings. The highest BCUT2D eigenvalue weighted by atomic mass is 16.5. The summed E-state index contributed by atoms with van der Waals surface area (Å²) in [7, 11) is 0. The summed E-state index contributed by atoms with van der Waals surface area (Å²) < 4.78 is 5.22. The van der Waals surface area contributed by atoms with Crippen LogP contribution in [0.2, 0.25) is 0 Å². The van der Waals surface area contributed by atoms with Crippen molar-refractivity contribution in [3.63, 3.8) is 0 Å². The molecule has 0 unspecified atom stereocenters. The van der Waals surface area contributed by atoms with Gasteiger partial charge in [-0.2, -0.15) is 0 Å². The van der Waals surface area contributed by atoms with Gasteiger partial charge >= 0.3 is 0 Å². The summed E-state index contributed by atoms with van der Waals surface area (Å²) in [4.78, 5) is 18.9. The molecule has 1 aliphatic heterocycles. The number of carbonyl (C=O) groups excluding carboxylic acids is 1. The van der Waals surface area contributed by atoms with E-state index in [1.54, 1.807) is 0 Å². The Hall–Kier alpha value is -1.44. The lowest BCUT2D eigenvalue weighted by atomic mass is 10.2. The molecule has 2 heterocycles. The van der Waals surface area contributed by atoms with Gasteiger partial charge in [0.1, 0.15) is 5.76 Å². The first-order valence-electron chi connectivity index (χ1n) is 8.85. The van der Waals surface area contributed by atoms with E-state index in [1.807, 2.05) is 18.7 Å². The summed E-state index contributed by atoms with van der Waals surface area (Å²) in [6.45, 7) is 9.19. The molecule has 7 nitrogen and oxygen atoms in total. The molecule has 2 aliphatic rings. The SMILES string of the molecule is Cc1noc(C)c1CN1CCN(C(=O)CN(CCO)C2CC2)CC1. The zero-order valence-electron chi connectivity index (χ0n) is 14.7. The predicted octanol–water partition coefficient (Wildman–Crippen LogP) is 0.392. The second kappa shape index (κ2) is 7.63. The van der Waals surface area contributed by atoms with Crippen molar-refractivity contribution in [2.45, 2.75) is 39.3 Å². The molecule has 1 aromatic heterocycles. The summed E-state index contributed by atoms with van der Waals surface area (Å²) in [6.07, 6.45) is 2.30. The van der Waals surface area contributed by atoms with Gasteiger partial charge in [-0.3, -0.25) is 14.6 Å². The molecule has 134 valence electrons. The van der Waals surface area contributed by atoms with Crippen LogP contribution in [0, 0.1) is 13.8 Å². The van der Waals surface area contributed by atoms with Gasteiger partial charge in [0.15, 0.2) is 0 Å². The minimum Gasteiger partial charge on any atom is -0.395 e. The Labute approximate surface area is 143 Å². The molecule has 1 aliphatic carbocycles. The van der Waals surface area contributed by atoms with Crippen molar-refractivity contribution in [1.82, 2.24) is 19.9 Å². The van der Waals surface area contributed by atoms with Crippen LogP contribution in [-0.4, -0.2) is 82.8 Å². The monoisotopic (exact) mass is 336 g/mol. The van der Waals surface area contributed by atoms with Crippen LogP contribution in [0.3, 0.4) is 0 Å². The molecule has 0 atom stereocenters. The third kappa shape index (κ3) is 4.15. The maximum absolute atomic E-state index is 12.5. The molecule has 1 saturated carbocycles. The molecular formula is C17H28N4O3. The minimum absolute atomic E-state index is 0.120. The fraction of sp³-hybridized carbons (Fsp3) is 0.765. The first-order valence-corrected chi connectivity index (χ1v) is 8.85. The van der Waals surface area contributed by atoms with Gasteiger partial charge in [-0.05, 0) is 26.7 Å². The van der Waals surface area contributed by atoms with E-state index in [0.29, 0.717) is 19.1 Å². The lowest BCUT2D eigenvalue weighted by Gasteiger charge is -2.35. The molecule has 0 aromatic carbocycles. The molecule has 0 bridgehead atoms. The van der Waals surface area contributed by atoms with E-state index in [4.69, 9.17) is 9.63 Å². The number of piperazine rings is 1. The van der Waals surface area contributed by atoms with E-state index >= 15 is 0 Å². The second-order valence-corrected chi connectivity index (χ2v) is 6.88. The van der Waals surface area contributed by atoms with E-state index in [0.717, 1.165) is 62.6 Å². The number of aryl methyl sites for hydroxylation is 2. The van der Waals surface area contributed by atoms with Crippen LogP contribution in [0.25, 0.3) is 0 Å². The van der Waals surface area contributed by atoms with Gasteiger partial charge in [-0.1, -0.05) is 5.16 Å². The maximum atomic E-state index is 12.5. The molecular weight excluding hydrogens is 308 g/mol. The Morgan fingerprint density at radius 3 is 2.54 bits per heavy atom. The van der Waals surface area contributed by atoms with Crippen LogP contribution < -0.4 is 0 Å². The Morgan fingerprint density at radius 1 is 1.29 bits per heavy atom. The Kier molecular flexibility index (Phi) is 5.53. The zero-order chi connectivity index (χ0) is 17.1. The van der Waals surface area contributed by atoms with E-state index in [-0.39, 0.29) is 12.5 Å². The van der Waals surface area contributed by atoms with Crippen LogP contribution in [-0.2, 0) is 11.3 Å². The first-order chi connectivity index (χ1) is 11.6. The maximum Gasteiger partial charge on any atom is 0.236 e. The molecule has 0 radical (unpaired) electrons. The van der Waals surface area contributed by atoms with E-state index in [1.165, 1.54) is 0 Å². The summed E-state index contributed by atoms with van der Waals surface area (Å²) in [5, 5.41) is 13.2. The molecule has 2 fully saturated rings. The molecule has 3 rings (SSSR count). The van der Waals surface area contributed by atoms with E-state index < -0.39 is 0 Å². The zero-order valence-corrected chi connectivity index (χ0v) is 14.7. The number of amides is 1. The number of rotatable bonds is 7. The van der Waals surface area contributed by atoms with Crippen LogP contribution in [0.15, 0.2) is 4.52 Å². The normalized spacial score (nSPS) is 19.2. The highest BCUT2D eigenvalue weighted by molar-refractivity contribution is 5.78. The lowest BCUT2D eigenvalue weighted by molar-refractivity contribution is -0.134. The number of hydrogen-bond acceptors (Lipinski definition) is 6. The largest absolute Gasteiger partial charge is 0.395 e. The fourth-order valence-corrected chi connectivity index (χ4v) is 3.34. The molecule has 24 heavy (non-hydrogen) atoms. The van der Waals surface area contributed by atoms with Crippen molar-refractivity contribution in [3.8, 4) is 0 Å². The van der Waals surface area contributed by atoms with Gasteiger partial charge in [-0.15, -0.1) is 0 Å². The predicted molar refractivity (Wildman–Crippen MR) is 89.5 cm³/mol. The van der Waals surface area contributed by atoms with Crippen molar-refractivity contribution in [3.05, 3.63) is 17.0 Å². The molecule has 1 saturated heterocycles. The van der Waals surface area contributed by atoms with Gasteiger partial charge in [-0.25, -0.2) is 0 Å².